The summed E-state index contributed by atoms with van der Waals surface area (Å²) in [5, 5.41) is 8.79. The molecule has 72 valence electrons. The van der Waals surface area contributed by atoms with Gasteiger partial charge in [-0.1, -0.05) is 23.5 Å². The van der Waals surface area contributed by atoms with Gasteiger partial charge in [0.1, 0.15) is 5.75 Å². The van der Waals surface area contributed by atoms with Crippen molar-refractivity contribution in [1.29, 1.82) is 0 Å². The second kappa shape index (κ2) is 4.06. The third-order valence-electron chi connectivity index (χ3n) is 1.74. The fourth-order valence-electron chi connectivity index (χ4n) is 1.14. The zero-order chi connectivity index (χ0) is 9.97. The molecule has 0 amide bonds. The molecule has 0 N–H and O–H groups in total. The Hall–Kier alpha value is -0.940. The molecule has 0 aliphatic rings. The molecule has 1 aromatic carbocycles. The van der Waals surface area contributed by atoms with Crippen molar-refractivity contribution in [2.24, 2.45) is 0 Å². The molecule has 0 aliphatic heterocycles. The van der Waals surface area contributed by atoms with Crippen LogP contribution in [0.1, 0.15) is 0 Å². The van der Waals surface area contributed by atoms with Crippen LogP contribution in [-0.4, -0.2) is 17.3 Å². The van der Waals surface area contributed by atoms with E-state index in [-0.39, 0.29) is 0 Å². The van der Waals surface area contributed by atoms with E-state index in [9.17, 15) is 0 Å². The molecule has 0 saturated heterocycles. The average molecular weight is 271 g/mol. The zero-order valence-corrected chi connectivity index (χ0v) is 9.80. The fourth-order valence-corrected chi connectivity index (χ4v) is 2.28. The second-order valence-corrected chi connectivity index (χ2v) is 4.81. The van der Waals surface area contributed by atoms with Gasteiger partial charge in [-0.3, -0.25) is 0 Å². The van der Waals surface area contributed by atoms with Gasteiger partial charge < -0.3 is 4.74 Å². The number of hydrogen-bond donors (Lipinski definition) is 0. The van der Waals surface area contributed by atoms with E-state index in [0.717, 1.165) is 20.2 Å². The van der Waals surface area contributed by atoms with Crippen LogP contribution in [0.2, 0.25) is 0 Å². The highest BCUT2D eigenvalue weighted by Gasteiger charge is 2.09. The summed E-state index contributed by atoms with van der Waals surface area (Å²) in [5.74, 6) is 0.816. The molecule has 0 radical (unpaired) electrons. The van der Waals surface area contributed by atoms with Gasteiger partial charge in [0, 0.05) is 0 Å². The zero-order valence-electron chi connectivity index (χ0n) is 7.40. The van der Waals surface area contributed by atoms with E-state index >= 15 is 0 Å². The molecular formula is C9H7BrN2OS. The molecule has 14 heavy (non-hydrogen) atoms. The topological polar surface area (TPSA) is 35.0 Å². The molecule has 0 fully saturated rings. The molecule has 0 bridgehead atoms. The number of hydrogen-bond acceptors (Lipinski definition) is 4. The summed E-state index contributed by atoms with van der Waals surface area (Å²) in [6.45, 7) is 0. The SMILES string of the molecule is COc1ccccc1-c1nnc(Br)s1. The van der Waals surface area contributed by atoms with Gasteiger partial charge >= 0.3 is 0 Å². The van der Waals surface area contributed by atoms with Gasteiger partial charge in [0.25, 0.3) is 0 Å². The predicted molar refractivity (Wildman–Crippen MR) is 59.6 cm³/mol. The van der Waals surface area contributed by atoms with E-state index in [2.05, 4.69) is 26.1 Å². The Morgan fingerprint density at radius 1 is 1.29 bits per heavy atom. The van der Waals surface area contributed by atoms with E-state index in [1.54, 1.807) is 7.11 Å². The first-order valence-electron chi connectivity index (χ1n) is 3.93. The highest BCUT2D eigenvalue weighted by Crippen LogP contribution is 2.32. The lowest BCUT2D eigenvalue weighted by Crippen LogP contribution is -1.86. The minimum absolute atomic E-state index is 0.776. The third-order valence-corrected chi connectivity index (χ3v) is 3.13. The molecule has 2 aromatic rings. The molecule has 3 nitrogen and oxygen atoms in total. The fraction of sp³-hybridized carbons (Fsp3) is 0.111. The second-order valence-electron chi connectivity index (χ2n) is 2.56. The number of halogens is 1. The normalized spacial score (nSPS) is 10.1. The maximum atomic E-state index is 5.23. The van der Waals surface area contributed by atoms with Crippen molar-refractivity contribution in [2.75, 3.05) is 7.11 Å². The molecule has 0 unspecified atom stereocenters. The van der Waals surface area contributed by atoms with Crippen LogP contribution in [0.25, 0.3) is 10.6 Å². The maximum Gasteiger partial charge on any atom is 0.183 e. The minimum atomic E-state index is 0.776. The molecule has 0 aliphatic carbocycles. The monoisotopic (exact) mass is 270 g/mol. The van der Waals surface area contributed by atoms with Crippen LogP contribution in [0.3, 0.4) is 0 Å². The van der Waals surface area contributed by atoms with Crippen molar-refractivity contribution in [3.05, 3.63) is 28.2 Å². The molecule has 1 heterocycles. The summed E-state index contributed by atoms with van der Waals surface area (Å²) in [7, 11) is 1.65. The van der Waals surface area contributed by atoms with Gasteiger partial charge in [-0.05, 0) is 28.1 Å². The molecular weight excluding hydrogens is 264 g/mol. The van der Waals surface area contributed by atoms with Gasteiger partial charge in [0.15, 0.2) is 8.92 Å². The highest BCUT2D eigenvalue weighted by molar-refractivity contribution is 9.11. The molecule has 0 saturated carbocycles. The number of para-hydroxylation sites is 1. The first-order valence-corrected chi connectivity index (χ1v) is 5.54. The Morgan fingerprint density at radius 2 is 2.07 bits per heavy atom. The van der Waals surface area contributed by atoms with Crippen LogP contribution in [0.15, 0.2) is 28.2 Å². The van der Waals surface area contributed by atoms with E-state index in [1.807, 2.05) is 24.3 Å². The van der Waals surface area contributed by atoms with Crippen LogP contribution in [0.5, 0.6) is 5.75 Å². The summed E-state index contributed by atoms with van der Waals surface area (Å²) in [6, 6.07) is 7.75. The summed E-state index contributed by atoms with van der Waals surface area (Å²) < 4.78 is 6.01. The molecule has 0 spiro atoms. The van der Waals surface area contributed by atoms with Crippen molar-refractivity contribution in [3.63, 3.8) is 0 Å². The highest BCUT2D eigenvalue weighted by atomic mass is 79.9. The average Bonchev–Trinajstić information content (AvgIpc) is 2.65. The lowest BCUT2D eigenvalue weighted by Gasteiger charge is -2.03. The van der Waals surface area contributed by atoms with Crippen molar-refractivity contribution in [1.82, 2.24) is 10.2 Å². The van der Waals surface area contributed by atoms with Crippen molar-refractivity contribution >= 4 is 27.3 Å². The number of aromatic nitrogens is 2. The van der Waals surface area contributed by atoms with Crippen molar-refractivity contribution in [2.45, 2.75) is 0 Å². The first kappa shape index (κ1) is 9.61. The minimum Gasteiger partial charge on any atom is -0.496 e. The Morgan fingerprint density at radius 3 is 2.71 bits per heavy atom. The van der Waals surface area contributed by atoms with Crippen LogP contribution >= 0.6 is 27.3 Å². The van der Waals surface area contributed by atoms with Crippen LogP contribution in [-0.2, 0) is 0 Å². The molecule has 2 rings (SSSR count). The van der Waals surface area contributed by atoms with Crippen LogP contribution < -0.4 is 4.74 Å². The lowest BCUT2D eigenvalue weighted by atomic mass is 10.2. The van der Waals surface area contributed by atoms with Gasteiger partial charge in [-0.15, -0.1) is 10.2 Å². The number of methoxy groups -OCH3 is 1. The Bertz CT molecular complexity index is 444. The smallest absolute Gasteiger partial charge is 0.183 e. The standard InChI is InChI=1S/C9H7BrN2OS/c1-13-7-5-3-2-4-6(7)8-11-12-9(10)14-8/h2-5H,1H3. The van der Waals surface area contributed by atoms with Gasteiger partial charge in [-0.2, -0.15) is 0 Å². The van der Waals surface area contributed by atoms with Gasteiger partial charge in [-0.25, -0.2) is 0 Å². The van der Waals surface area contributed by atoms with Crippen molar-refractivity contribution < 1.29 is 4.74 Å². The number of ether oxygens (including phenoxy) is 1. The number of benzene rings is 1. The Balaban J connectivity index is 2.50. The van der Waals surface area contributed by atoms with Crippen LogP contribution in [0, 0.1) is 0 Å². The molecule has 5 heteroatoms. The van der Waals surface area contributed by atoms with Gasteiger partial charge in [0.05, 0.1) is 12.7 Å². The summed E-state index contributed by atoms with van der Waals surface area (Å²) in [4.78, 5) is 0. The largest absolute Gasteiger partial charge is 0.496 e. The Kier molecular flexibility index (Phi) is 2.79. The number of nitrogens with zero attached hydrogens (tertiary/aromatic N) is 2. The number of rotatable bonds is 2. The quantitative estimate of drug-likeness (QED) is 0.842. The van der Waals surface area contributed by atoms with Crippen molar-refractivity contribution in [3.8, 4) is 16.3 Å². The van der Waals surface area contributed by atoms with E-state index in [4.69, 9.17) is 4.74 Å². The van der Waals surface area contributed by atoms with E-state index in [0.29, 0.717) is 0 Å². The third kappa shape index (κ3) is 1.78. The lowest BCUT2D eigenvalue weighted by molar-refractivity contribution is 0.416. The summed E-state index contributed by atoms with van der Waals surface area (Å²) in [5.41, 5.74) is 0.971. The molecule has 1 aromatic heterocycles. The molecule has 0 atom stereocenters. The maximum absolute atomic E-state index is 5.23. The predicted octanol–water partition coefficient (Wildman–Crippen LogP) is 2.98. The van der Waals surface area contributed by atoms with E-state index < -0.39 is 0 Å². The summed E-state index contributed by atoms with van der Waals surface area (Å²) >= 11 is 4.76. The Labute approximate surface area is 93.9 Å². The van der Waals surface area contributed by atoms with Gasteiger partial charge in [0.2, 0.25) is 0 Å². The summed E-state index contributed by atoms with van der Waals surface area (Å²) in [6.07, 6.45) is 0. The first-order chi connectivity index (χ1) is 6.81. The van der Waals surface area contributed by atoms with E-state index in [1.165, 1.54) is 11.3 Å². The van der Waals surface area contributed by atoms with Crippen LogP contribution in [0.4, 0.5) is 0 Å².